The molecule has 3 rings (SSSR count). The van der Waals surface area contributed by atoms with E-state index in [1.54, 1.807) is 11.1 Å². The van der Waals surface area contributed by atoms with Crippen LogP contribution in [0.2, 0.25) is 0 Å². The van der Waals surface area contributed by atoms with Gasteiger partial charge in [0.25, 0.3) is 0 Å². The molecule has 1 aliphatic heterocycles. The fraction of sp³-hybridized carbons (Fsp3) is 0.600. The summed E-state index contributed by atoms with van der Waals surface area (Å²) in [5.74, 6) is 1.97. The van der Waals surface area contributed by atoms with E-state index in [2.05, 4.69) is 15.3 Å². The summed E-state index contributed by atoms with van der Waals surface area (Å²) in [6.45, 7) is 4.19. The number of carbonyl (C=O) groups excluding carboxylic acids is 1. The number of rotatable bonds is 4. The molecule has 0 unspecified atom stereocenters. The number of carbonyl (C=O) groups is 1. The molecule has 0 bridgehead atoms. The van der Waals surface area contributed by atoms with Crippen molar-refractivity contribution < 1.29 is 9.53 Å². The fourth-order valence-corrected chi connectivity index (χ4v) is 2.98. The zero-order valence-electron chi connectivity index (χ0n) is 13.6. The Kier molecular flexibility index (Phi) is 4.59. The highest BCUT2D eigenvalue weighted by Crippen LogP contribution is 2.26. The number of likely N-dealkylation sites (tertiary alicyclic amines) is 1. The van der Waals surface area contributed by atoms with Crippen LogP contribution in [0.5, 0.6) is 0 Å². The summed E-state index contributed by atoms with van der Waals surface area (Å²) in [6, 6.07) is 1.88. The maximum atomic E-state index is 11.9. The van der Waals surface area contributed by atoms with E-state index in [9.17, 15) is 4.79 Å². The van der Waals surface area contributed by atoms with E-state index in [0.717, 1.165) is 31.0 Å². The summed E-state index contributed by atoms with van der Waals surface area (Å²) >= 11 is 0. The summed E-state index contributed by atoms with van der Waals surface area (Å²) in [4.78, 5) is 13.7. The molecule has 1 saturated heterocycles. The monoisotopic (exact) mass is 318 g/mol. The minimum absolute atomic E-state index is 0.192. The normalized spacial score (nSPS) is 18.2. The van der Waals surface area contributed by atoms with Gasteiger partial charge in [0, 0.05) is 38.4 Å². The Hall–Kier alpha value is -2.38. The summed E-state index contributed by atoms with van der Waals surface area (Å²) < 4.78 is 8.94. The van der Waals surface area contributed by atoms with Gasteiger partial charge in [0.2, 0.25) is 0 Å². The second kappa shape index (κ2) is 6.80. The number of aromatic nitrogens is 5. The summed E-state index contributed by atoms with van der Waals surface area (Å²) in [6.07, 6.45) is 5.36. The van der Waals surface area contributed by atoms with E-state index < -0.39 is 0 Å². The third-order valence-electron chi connectivity index (χ3n) is 4.17. The molecule has 0 N–H and O–H groups in total. The molecular weight excluding hydrogens is 296 g/mol. The van der Waals surface area contributed by atoms with Gasteiger partial charge in [-0.3, -0.25) is 4.68 Å². The van der Waals surface area contributed by atoms with E-state index in [-0.39, 0.29) is 12.0 Å². The van der Waals surface area contributed by atoms with Crippen LogP contribution in [0.15, 0.2) is 18.5 Å². The van der Waals surface area contributed by atoms with Crippen molar-refractivity contribution in [2.45, 2.75) is 32.2 Å². The van der Waals surface area contributed by atoms with Crippen LogP contribution in [0, 0.1) is 0 Å². The van der Waals surface area contributed by atoms with Crippen LogP contribution in [-0.2, 0) is 18.3 Å². The molecular formula is C15H22N6O2. The van der Waals surface area contributed by atoms with Crippen LogP contribution >= 0.6 is 0 Å². The van der Waals surface area contributed by atoms with Gasteiger partial charge in [0.05, 0.1) is 6.61 Å². The van der Waals surface area contributed by atoms with Crippen molar-refractivity contribution in [2.24, 2.45) is 7.05 Å². The van der Waals surface area contributed by atoms with Gasteiger partial charge in [-0.05, 0) is 25.8 Å². The molecule has 0 spiro atoms. The highest BCUT2D eigenvalue weighted by atomic mass is 16.6. The first-order chi connectivity index (χ1) is 11.2. The average molecular weight is 318 g/mol. The molecule has 0 aliphatic carbocycles. The maximum Gasteiger partial charge on any atom is 0.409 e. The topological polar surface area (TPSA) is 78.1 Å². The van der Waals surface area contributed by atoms with Crippen LogP contribution < -0.4 is 0 Å². The Bertz CT molecular complexity index is 651. The lowest BCUT2D eigenvalue weighted by Crippen LogP contribution is -2.40. The van der Waals surface area contributed by atoms with Crippen molar-refractivity contribution >= 4 is 6.09 Å². The number of hydrogen-bond acceptors (Lipinski definition) is 5. The molecule has 0 saturated carbocycles. The molecule has 2 aromatic rings. The first-order valence-corrected chi connectivity index (χ1v) is 7.96. The lowest BCUT2D eigenvalue weighted by atomic mass is 9.97. The van der Waals surface area contributed by atoms with Crippen molar-refractivity contribution in [3.05, 3.63) is 30.1 Å². The Morgan fingerprint density at radius 2 is 2.30 bits per heavy atom. The SMILES string of the molecule is CCOC(=O)N1CCC[C@@H](c2nnc(Cn3cccn3)n2C)C1. The van der Waals surface area contributed by atoms with Crippen molar-refractivity contribution in [1.29, 1.82) is 0 Å². The van der Waals surface area contributed by atoms with E-state index in [1.165, 1.54) is 0 Å². The zero-order chi connectivity index (χ0) is 16.2. The van der Waals surface area contributed by atoms with Crippen molar-refractivity contribution in [1.82, 2.24) is 29.4 Å². The average Bonchev–Trinajstić information content (AvgIpc) is 3.19. The Balaban J connectivity index is 1.71. The molecule has 2 aromatic heterocycles. The van der Waals surface area contributed by atoms with Crippen molar-refractivity contribution in [2.75, 3.05) is 19.7 Å². The van der Waals surface area contributed by atoms with E-state index in [1.807, 2.05) is 35.5 Å². The summed E-state index contributed by atoms with van der Waals surface area (Å²) in [5.41, 5.74) is 0. The Labute approximate surface area is 135 Å². The minimum atomic E-state index is -0.240. The van der Waals surface area contributed by atoms with Crippen LogP contribution in [0.25, 0.3) is 0 Å². The smallest absolute Gasteiger partial charge is 0.409 e. The maximum absolute atomic E-state index is 11.9. The van der Waals surface area contributed by atoms with Crippen LogP contribution in [0.3, 0.4) is 0 Å². The van der Waals surface area contributed by atoms with Crippen LogP contribution in [-0.4, -0.2) is 55.2 Å². The molecule has 1 aliphatic rings. The van der Waals surface area contributed by atoms with Crippen molar-refractivity contribution in [3.8, 4) is 0 Å². The second-order valence-electron chi connectivity index (χ2n) is 5.72. The van der Waals surface area contributed by atoms with Crippen LogP contribution in [0.4, 0.5) is 4.79 Å². The molecule has 0 aromatic carbocycles. The van der Waals surface area contributed by atoms with Gasteiger partial charge in [0.15, 0.2) is 5.82 Å². The van der Waals surface area contributed by atoms with E-state index in [4.69, 9.17) is 4.74 Å². The molecule has 0 radical (unpaired) electrons. The lowest BCUT2D eigenvalue weighted by molar-refractivity contribution is 0.0949. The van der Waals surface area contributed by atoms with Crippen LogP contribution in [0.1, 0.15) is 37.3 Å². The number of amides is 1. The number of hydrogen-bond donors (Lipinski definition) is 0. The quantitative estimate of drug-likeness (QED) is 0.851. The lowest BCUT2D eigenvalue weighted by Gasteiger charge is -2.31. The molecule has 1 atom stereocenters. The predicted octanol–water partition coefficient (Wildman–Crippen LogP) is 1.40. The van der Waals surface area contributed by atoms with Gasteiger partial charge >= 0.3 is 6.09 Å². The van der Waals surface area contributed by atoms with Gasteiger partial charge in [-0.25, -0.2) is 4.79 Å². The molecule has 1 amide bonds. The van der Waals surface area contributed by atoms with E-state index in [0.29, 0.717) is 19.7 Å². The zero-order valence-corrected chi connectivity index (χ0v) is 13.6. The first kappa shape index (κ1) is 15.5. The number of piperidine rings is 1. The molecule has 23 heavy (non-hydrogen) atoms. The molecule has 3 heterocycles. The number of ether oxygens (including phenoxy) is 1. The fourth-order valence-electron chi connectivity index (χ4n) is 2.98. The third-order valence-corrected chi connectivity index (χ3v) is 4.17. The summed E-state index contributed by atoms with van der Waals surface area (Å²) in [5, 5.41) is 12.8. The third kappa shape index (κ3) is 3.35. The van der Waals surface area contributed by atoms with Crippen molar-refractivity contribution in [3.63, 3.8) is 0 Å². The standard InChI is InChI=1S/C15H22N6O2/c1-3-23-15(22)20-8-4-6-12(10-20)14-18-17-13(19(14)2)11-21-9-5-7-16-21/h5,7,9,12H,3-4,6,8,10-11H2,1-2H3/t12-/m1/s1. The van der Waals surface area contributed by atoms with Gasteiger partial charge in [-0.2, -0.15) is 5.10 Å². The molecule has 124 valence electrons. The number of nitrogens with zero attached hydrogens (tertiary/aromatic N) is 6. The highest BCUT2D eigenvalue weighted by molar-refractivity contribution is 5.67. The largest absolute Gasteiger partial charge is 0.450 e. The molecule has 1 fully saturated rings. The molecule has 8 nitrogen and oxygen atoms in total. The van der Waals surface area contributed by atoms with E-state index >= 15 is 0 Å². The van der Waals surface area contributed by atoms with Gasteiger partial charge in [0.1, 0.15) is 12.4 Å². The Morgan fingerprint density at radius 3 is 3.04 bits per heavy atom. The highest BCUT2D eigenvalue weighted by Gasteiger charge is 2.29. The summed E-state index contributed by atoms with van der Waals surface area (Å²) in [7, 11) is 1.97. The van der Waals surface area contributed by atoms with Gasteiger partial charge in [-0.15, -0.1) is 10.2 Å². The Morgan fingerprint density at radius 1 is 1.43 bits per heavy atom. The predicted molar refractivity (Wildman–Crippen MR) is 82.9 cm³/mol. The van der Waals surface area contributed by atoms with Gasteiger partial charge in [-0.1, -0.05) is 0 Å². The first-order valence-electron chi connectivity index (χ1n) is 7.96. The minimum Gasteiger partial charge on any atom is -0.450 e. The molecule has 8 heteroatoms. The second-order valence-corrected chi connectivity index (χ2v) is 5.72. The van der Waals surface area contributed by atoms with Gasteiger partial charge < -0.3 is 14.2 Å².